The molecule has 0 saturated carbocycles. The lowest BCUT2D eigenvalue weighted by molar-refractivity contribution is 0.133. The molecular weight excluding hydrogens is 238 g/mol. The van der Waals surface area contributed by atoms with E-state index >= 15 is 0 Å². The molecule has 2 rings (SSSR count). The topological polar surface area (TPSA) is 39.1 Å². The molecule has 1 aromatic heterocycles. The second-order valence-corrected chi connectivity index (χ2v) is 4.49. The zero-order valence-electron chi connectivity index (χ0n) is 11.6. The molecule has 0 aliphatic carbocycles. The molecule has 0 atom stereocenters. The maximum atomic E-state index is 5.48. The van der Waals surface area contributed by atoms with Crippen LogP contribution in [0.3, 0.4) is 0 Å². The molecule has 0 unspecified atom stereocenters. The fourth-order valence-electron chi connectivity index (χ4n) is 1.97. The van der Waals surface area contributed by atoms with Gasteiger partial charge in [-0.2, -0.15) is 5.10 Å². The number of nitrogens with zero attached hydrogens (tertiary/aromatic N) is 2. The molecule has 102 valence electrons. The number of hydrogen-bond donors (Lipinski definition) is 1. The molecule has 0 aliphatic heterocycles. The molecule has 0 spiro atoms. The Labute approximate surface area is 114 Å². The Hall–Kier alpha value is -1.65. The van der Waals surface area contributed by atoms with Gasteiger partial charge in [0, 0.05) is 32.9 Å². The van der Waals surface area contributed by atoms with Crippen LogP contribution in [0.5, 0.6) is 0 Å². The Balaban J connectivity index is 1.88. The Kier molecular flexibility index (Phi) is 5.12. The third kappa shape index (κ3) is 4.19. The quantitative estimate of drug-likeness (QED) is 0.829. The van der Waals surface area contributed by atoms with Gasteiger partial charge in [-0.1, -0.05) is 24.3 Å². The molecule has 0 saturated heterocycles. The van der Waals surface area contributed by atoms with Gasteiger partial charge in [-0.05, 0) is 24.1 Å². The molecule has 4 heteroatoms. The van der Waals surface area contributed by atoms with Gasteiger partial charge in [-0.25, -0.2) is 0 Å². The average molecular weight is 259 g/mol. The fourth-order valence-corrected chi connectivity index (χ4v) is 1.97. The normalized spacial score (nSPS) is 10.8. The minimum atomic E-state index is 0.679. The highest BCUT2D eigenvalue weighted by molar-refractivity contribution is 5.26. The van der Waals surface area contributed by atoms with E-state index in [2.05, 4.69) is 34.7 Å². The molecule has 0 radical (unpaired) electrons. The van der Waals surface area contributed by atoms with Crippen LogP contribution in [0.1, 0.15) is 23.7 Å². The molecular formula is C15H21N3O. The van der Waals surface area contributed by atoms with Gasteiger partial charge >= 0.3 is 0 Å². The smallest absolute Gasteiger partial charge is 0.0762 e. The van der Waals surface area contributed by atoms with E-state index in [1.165, 1.54) is 11.1 Å². The van der Waals surface area contributed by atoms with Crippen LogP contribution in [0.2, 0.25) is 0 Å². The predicted octanol–water partition coefficient (Wildman–Crippen LogP) is 2.25. The van der Waals surface area contributed by atoms with Crippen LogP contribution in [0.25, 0.3) is 0 Å². The lowest BCUT2D eigenvalue weighted by Gasteiger charge is -2.10. The largest absolute Gasteiger partial charge is 0.377 e. The second-order valence-electron chi connectivity index (χ2n) is 4.49. The first kappa shape index (κ1) is 13.8. The fraction of sp³-hybridized carbons (Fsp3) is 0.400. The lowest BCUT2D eigenvalue weighted by Crippen LogP contribution is -2.14. The standard InChI is InChI=1S/C15H21N3O/c1-3-19-12-14-7-5-4-6-13(14)10-16-11-15-8-9-18(2)17-15/h4-9,16H,3,10-12H2,1-2H3. The average Bonchev–Trinajstić information content (AvgIpc) is 2.83. The summed E-state index contributed by atoms with van der Waals surface area (Å²) < 4.78 is 7.30. The summed E-state index contributed by atoms with van der Waals surface area (Å²) in [5, 5.41) is 7.76. The van der Waals surface area contributed by atoms with Gasteiger partial charge in [0.25, 0.3) is 0 Å². The maximum Gasteiger partial charge on any atom is 0.0762 e. The summed E-state index contributed by atoms with van der Waals surface area (Å²) in [6.45, 7) is 5.05. The van der Waals surface area contributed by atoms with E-state index in [0.29, 0.717) is 6.61 Å². The first-order valence-electron chi connectivity index (χ1n) is 6.63. The summed E-state index contributed by atoms with van der Waals surface area (Å²) in [7, 11) is 1.93. The maximum absolute atomic E-state index is 5.48. The van der Waals surface area contributed by atoms with Crippen LogP contribution >= 0.6 is 0 Å². The van der Waals surface area contributed by atoms with Crippen molar-refractivity contribution >= 4 is 0 Å². The van der Waals surface area contributed by atoms with Crippen LogP contribution in [-0.2, 0) is 31.5 Å². The predicted molar refractivity (Wildman–Crippen MR) is 75.5 cm³/mol. The first-order chi connectivity index (χ1) is 9.29. The number of aromatic nitrogens is 2. The zero-order valence-corrected chi connectivity index (χ0v) is 11.6. The van der Waals surface area contributed by atoms with Crippen LogP contribution in [0.15, 0.2) is 36.5 Å². The molecule has 1 heterocycles. The highest BCUT2D eigenvalue weighted by Crippen LogP contribution is 2.10. The highest BCUT2D eigenvalue weighted by Gasteiger charge is 2.02. The van der Waals surface area contributed by atoms with Crippen LogP contribution < -0.4 is 5.32 Å². The Bertz CT molecular complexity index is 508. The van der Waals surface area contributed by atoms with Gasteiger partial charge in [0.05, 0.1) is 12.3 Å². The number of aryl methyl sites for hydroxylation is 1. The zero-order chi connectivity index (χ0) is 13.5. The number of rotatable bonds is 7. The SMILES string of the molecule is CCOCc1ccccc1CNCc1ccn(C)n1. The number of benzene rings is 1. The van der Waals surface area contributed by atoms with E-state index in [1.807, 2.05) is 30.9 Å². The number of ether oxygens (including phenoxy) is 1. The van der Waals surface area contributed by atoms with Crippen molar-refractivity contribution in [1.29, 1.82) is 0 Å². The molecule has 4 nitrogen and oxygen atoms in total. The lowest BCUT2D eigenvalue weighted by atomic mass is 10.1. The third-order valence-electron chi connectivity index (χ3n) is 2.97. The molecule has 0 bridgehead atoms. The Morgan fingerprint density at radius 2 is 1.95 bits per heavy atom. The van der Waals surface area contributed by atoms with E-state index in [9.17, 15) is 0 Å². The Morgan fingerprint density at radius 3 is 2.63 bits per heavy atom. The summed E-state index contributed by atoms with van der Waals surface area (Å²) in [6, 6.07) is 10.4. The van der Waals surface area contributed by atoms with Gasteiger partial charge in [0.15, 0.2) is 0 Å². The van der Waals surface area contributed by atoms with Crippen molar-refractivity contribution in [3.8, 4) is 0 Å². The van der Waals surface area contributed by atoms with E-state index < -0.39 is 0 Å². The van der Waals surface area contributed by atoms with Crippen LogP contribution in [-0.4, -0.2) is 16.4 Å². The van der Waals surface area contributed by atoms with Crippen molar-refractivity contribution in [3.63, 3.8) is 0 Å². The van der Waals surface area contributed by atoms with Crippen molar-refractivity contribution in [2.45, 2.75) is 26.6 Å². The summed E-state index contributed by atoms with van der Waals surface area (Å²) in [5.74, 6) is 0. The van der Waals surface area contributed by atoms with Gasteiger partial charge in [0.1, 0.15) is 0 Å². The molecule has 0 fully saturated rings. The number of nitrogens with one attached hydrogen (secondary N) is 1. The van der Waals surface area contributed by atoms with Crippen molar-refractivity contribution in [3.05, 3.63) is 53.3 Å². The van der Waals surface area contributed by atoms with Crippen molar-refractivity contribution in [2.24, 2.45) is 7.05 Å². The van der Waals surface area contributed by atoms with E-state index in [0.717, 1.165) is 25.4 Å². The van der Waals surface area contributed by atoms with E-state index in [1.54, 1.807) is 0 Å². The minimum Gasteiger partial charge on any atom is -0.377 e. The van der Waals surface area contributed by atoms with Gasteiger partial charge in [-0.15, -0.1) is 0 Å². The van der Waals surface area contributed by atoms with Gasteiger partial charge in [0.2, 0.25) is 0 Å². The van der Waals surface area contributed by atoms with Crippen LogP contribution in [0, 0.1) is 0 Å². The van der Waals surface area contributed by atoms with Gasteiger partial charge in [-0.3, -0.25) is 4.68 Å². The molecule has 0 amide bonds. The second kappa shape index (κ2) is 7.07. The van der Waals surface area contributed by atoms with E-state index in [-0.39, 0.29) is 0 Å². The summed E-state index contributed by atoms with van der Waals surface area (Å²) in [6.07, 6.45) is 1.96. The van der Waals surface area contributed by atoms with Crippen molar-refractivity contribution in [1.82, 2.24) is 15.1 Å². The van der Waals surface area contributed by atoms with Crippen molar-refractivity contribution < 1.29 is 4.74 Å². The third-order valence-corrected chi connectivity index (χ3v) is 2.97. The van der Waals surface area contributed by atoms with Gasteiger partial charge < -0.3 is 10.1 Å². The van der Waals surface area contributed by atoms with E-state index in [4.69, 9.17) is 4.74 Å². The molecule has 2 aromatic rings. The van der Waals surface area contributed by atoms with Crippen LogP contribution in [0.4, 0.5) is 0 Å². The summed E-state index contributed by atoms with van der Waals surface area (Å²) in [4.78, 5) is 0. The minimum absolute atomic E-state index is 0.679. The molecule has 0 aliphatic rings. The summed E-state index contributed by atoms with van der Waals surface area (Å²) in [5.41, 5.74) is 3.59. The Morgan fingerprint density at radius 1 is 1.16 bits per heavy atom. The number of hydrogen-bond acceptors (Lipinski definition) is 3. The molecule has 1 aromatic carbocycles. The van der Waals surface area contributed by atoms with Crippen molar-refractivity contribution in [2.75, 3.05) is 6.61 Å². The molecule has 19 heavy (non-hydrogen) atoms. The highest BCUT2D eigenvalue weighted by atomic mass is 16.5. The summed E-state index contributed by atoms with van der Waals surface area (Å²) >= 11 is 0. The first-order valence-corrected chi connectivity index (χ1v) is 6.63. The molecule has 1 N–H and O–H groups in total. The monoisotopic (exact) mass is 259 g/mol.